The maximum atomic E-state index is 9.64. The van der Waals surface area contributed by atoms with Gasteiger partial charge in [0.2, 0.25) is 0 Å². The molecule has 0 saturated carbocycles. The van der Waals surface area contributed by atoms with E-state index in [4.69, 9.17) is 17.3 Å². The van der Waals surface area contributed by atoms with E-state index in [0.29, 0.717) is 17.5 Å². The predicted molar refractivity (Wildman–Crippen MR) is 81.3 cm³/mol. The average molecular weight is 288 g/mol. The number of phenolic OH excluding ortho intramolecular Hbond substituents is 1. The fourth-order valence-corrected chi connectivity index (χ4v) is 2.65. The van der Waals surface area contributed by atoms with Gasteiger partial charge in [-0.05, 0) is 29.8 Å². The van der Waals surface area contributed by atoms with Crippen molar-refractivity contribution >= 4 is 23.2 Å². The topological polar surface area (TPSA) is 61.9 Å². The third kappa shape index (κ3) is 2.18. The molecule has 3 rings (SSSR count). The molecule has 0 bridgehead atoms. The highest BCUT2D eigenvalue weighted by Crippen LogP contribution is 2.35. The molecular weight excluding hydrogens is 274 g/mol. The van der Waals surface area contributed by atoms with Crippen LogP contribution in [0.4, 0.5) is 5.69 Å². The van der Waals surface area contributed by atoms with E-state index in [-0.39, 0.29) is 11.8 Å². The van der Waals surface area contributed by atoms with Crippen molar-refractivity contribution in [3.8, 4) is 5.75 Å². The zero-order valence-electron chi connectivity index (χ0n) is 10.7. The van der Waals surface area contributed by atoms with Crippen LogP contribution in [0.2, 0.25) is 5.02 Å². The van der Waals surface area contributed by atoms with Crippen molar-refractivity contribution < 1.29 is 5.11 Å². The van der Waals surface area contributed by atoms with E-state index in [2.05, 4.69) is 4.99 Å². The summed E-state index contributed by atoms with van der Waals surface area (Å²) in [6.07, 6.45) is 0. The van der Waals surface area contributed by atoms with Crippen molar-refractivity contribution in [3.05, 3.63) is 59.1 Å². The molecule has 5 heteroatoms. The van der Waals surface area contributed by atoms with E-state index < -0.39 is 0 Å². The first-order chi connectivity index (χ1) is 9.66. The minimum absolute atomic E-state index is 0.0537. The number of nitrogens with zero attached hydrogens (tertiary/aromatic N) is 2. The van der Waals surface area contributed by atoms with Crippen molar-refractivity contribution in [2.24, 2.45) is 10.7 Å². The number of halogens is 1. The van der Waals surface area contributed by atoms with Gasteiger partial charge in [-0.15, -0.1) is 0 Å². The minimum Gasteiger partial charge on any atom is -0.508 e. The Morgan fingerprint density at radius 3 is 2.75 bits per heavy atom. The summed E-state index contributed by atoms with van der Waals surface area (Å²) < 4.78 is 0. The number of guanidine groups is 1. The number of hydrogen-bond donors (Lipinski definition) is 2. The zero-order chi connectivity index (χ0) is 14.1. The van der Waals surface area contributed by atoms with Crippen molar-refractivity contribution in [2.45, 2.75) is 6.04 Å². The summed E-state index contributed by atoms with van der Waals surface area (Å²) in [5, 5.41) is 10.3. The SMILES string of the molecule is NC1=NCC(c2cccc(O)c2)N1c1ccccc1Cl. The summed E-state index contributed by atoms with van der Waals surface area (Å²) in [4.78, 5) is 6.20. The molecule has 2 aromatic rings. The molecule has 0 fully saturated rings. The molecule has 2 aromatic carbocycles. The van der Waals surface area contributed by atoms with Crippen LogP contribution in [-0.2, 0) is 0 Å². The minimum atomic E-state index is -0.0537. The fraction of sp³-hybridized carbons (Fsp3) is 0.133. The molecule has 4 nitrogen and oxygen atoms in total. The molecule has 1 unspecified atom stereocenters. The van der Waals surface area contributed by atoms with E-state index in [0.717, 1.165) is 11.3 Å². The van der Waals surface area contributed by atoms with Gasteiger partial charge in [-0.25, -0.2) is 0 Å². The molecule has 1 aliphatic heterocycles. The molecule has 1 atom stereocenters. The monoisotopic (exact) mass is 287 g/mol. The largest absolute Gasteiger partial charge is 0.508 e. The van der Waals surface area contributed by atoms with Gasteiger partial charge >= 0.3 is 0 Å². The van der Waals surface area contributed by atoms with Gasteiger partial charge in [-0.3, -0.25) is 4.99 Å². The van der Waals surface area contributed by atoms with Crippen LogP contribution in [0.25, 0.3) is 0 Å². The molecule has 0 aliphatic carbocycles. The van der Waals surface area contributed by atoms with E-state index in [9.17, 15) is 5.11 Å². The summed E-state index contributed by atoms with van der Waals surface area (Å²) in [5.74, 6) is 0.665. The molecular formula is C15H14ClN3O. The summed E-state index contributed by atoms with van der Waals surface area (Å²) in [7, 11) is 0. The first kappa shape index (κ1) is 12.8. The van der Waals surface area contributed by atoms with Crippen LogP contribution in [0.15, 0.2) is 53.5 Å². The lowest BCUT2D eigenvalue weighted by molar-refractivity contribution is 0.474. The fourth-order valence-electron chi connectivity index (χ4n) is 2.42. The second-order valence-corrected chi connectivity index (χ2v) is 5.04. The Hall–Kier alpha value is -2.20. The van der Waals surface area contributed by atoms with Crippen LogP contribution in [0.3, 0.4) is 0 Å². The van der Waals surface area contributed by atoms with Crippen molar-refractivity contribution in [1.82, 2.24) is 0 Å². The van der Waals surface area contributed by atoms with Crippen LogP contribution in [-0.4, -0.2) is 17.6 Å². The Labute approximate surface area is 122 Å². The standard InChI is InChI=1S/C15H14ClN3O/c16-12-6-1-2-7-13(12)19-14(9-18-15(19)17)10-4-3-5-11(20)8-10/h1-8,14,20H,9H2,(H2,17,18). The Kier molecular flexibility index (Phi) is 3.24. The number of hydrogen-bond acceptors (Lipinski definition) is 4. The molecule has 1 aliphatic rings. The third-order valence-corrected chi connectivity index (χ3v) is 3.67. The van der Waals surface area contributed by atoms with E-state index in [1.807, 2.05) is 41.3 Å². The van der Waals surface area contributed by atoms with Crippen molar-refractivity contribution in [2.75, 3.05) is 11.4 Å². The average Bonchev–Trinajstić information content (AvgIpc) is 2.81. The number of rotatable bonds is 2. The normalized spacial score (nSPS) is 18.1. The molecule has 0 aromatic heterocycles. The Balaban J connectivity index is 2.03. The van der Waals surface area contributed by atoms with Crippen LogP contribution < -0.4 is 10.6 Å². The second kappa shape index (κ2) is 5.06. The van der Waals surface area contributed by atoms with Gasteiger partial charge < -0.3 is 15.7 Å². The molecule has 0 amide bonds. The Morgan fingerprint density at radius 2 is 2.00 bits per heavy atom. The van der Waals surface area contributed by atoms with Crippen molar-refractivity contribution in [1.29, 1.82) is 0 Å². The predicted octanol–water partition coefficient (Wildman–Crippen LogP) is 2.92. The maximum absolute atomic E-state index is 9.64. The molecule has 0 radical (unpaired) electrons. The van der Waals surface area contributed by atoms with Gasteiger partial charge in [0, 0.05) is 0 Å². The van der Waals surface area contributed by atoms with Crippen LogP contribution in [0.5, 0.6) is 5.75 Å². The van der Waals surface area contributed by atoms with Gasteiger partial charge in [0.25, 0.3) is 0 Å². The first-order valence-corrected chi connectivity index (χ1v) is 6.67. The lowest BCUT2D eigenvalue weighted by Gasteiger charge is -2.27. The van der Waals surface area contributed by atoms with Crippen LogP contribution in [0.1, 0.15) is 11.6 Å². The zero-order valence-corrected chi connectivity index (χ0v) is 11.5. The van der Waals surface area contributed by atoms with Crippen LogP contribution >= 0.6 is 11.6 Å². The number of phenols is 1. The van der Waals surface area contributed by atoms with Crippen LogP contribution in [0, 0.1) is 0 Å². The molecule has 0 spiro atoms. The lowest BCUT2D eigenvalue weighted by Crippen LogP contribution is -2.36. The van der Waals surface area contributed by atoms with Crippen molar-refractivity contribution in [3.63, 3.8) is 0 Å². The molecule has 0 saturated heterocycles. The number of nitrogens with two attached hydrogens (primary N) is 1. The number of aromatic hydroxyl groups is 1. The molecule has 20 heavy (non-hydrogen) atoms. The van der Waals surface area contributed by atoms with E-state index in [1.165, 1.54) is 0 Å². The molecule has 1 heterocycles. The van der Waals surface area contributed by atoms with E-state index >= 15 is 0 Å². The van der Waals surface area contributed by atoms with Gasteiger partial charge in [-0.2, -0.15) is 0 Å². The van der Waals surface area contributed by atoms with E-state index in [1.54, 1.807) is 12.1 Å². The highest BCUT2D eigenvalue weighted by atomic mass is 35.5. The number of anilines is 1. The molecule has 102 valence electrons. The Morgan fingerprint density at radius 1 is 1.20 bits per heavy atom. The quantitative estimate of drug-likeness (QED) is 0.893. The number of aliphatic imine (C=N–C) groups is 1. The highest BCUT2D eigenvalue weighted by molar-refractivity contribution is 6.33. The maximum Gasteiger partial charge on any atom is 0.196 e. The first-order valence-electron chi connectivity index (χ1n) is 6.29. The summed E-state index contributed by atoms with van der Waals surface area (Å²) in [6, 6.07) is 14.6. The van der Waals surface area contributed by atoms with Gasteiger partial charge in [-0.1, -0.05) is 35.9 Å². The summed E-state index contributed by atoms with van der Waals surface area (Å²) in [6.45, 7) is 0.542. The highest BCUT2D eigenvalue weighted by Gasteiger charge is 2.30. The Bertz CT molecular complexity index is 672. The summed E-state index contributed by atoms with van der Waals surface area (Å²) >= 11 is 6.25. The van der Waals surface area contributed by atoms with Gasteiger partial charge in [0.05, 0.1) is 23.3 Å². The van der Waals surface area contributed by atoms with Gasteiger partial charge in [0.15, 0.2) is 5.96 Å². The van der Waals surface area contributed by atoms with Gasteiger partial charge in [0.1, 0.15) is 5.75 Å². The second-order valence-electron chi connectivity index (χ2n) is 4.63. The molecule has 3 N–H and O–H groups in total. The number of benzene rings is 2. The number of para-hydroxylation sites is 1. The lowest BCUT2D eigenvalue weighted by atomic mass is 10.1. The smallest absolute Gasteiger partial charge is 0.196 e. The summed E-state index contributed by atoms with van der Waals surface area (Å²) in [5.41, 5.74) is 7.77. The third-order valence-electron chi connectivity index (χ3n) is 3.35.